The highest BCUT2D eigenvalue weighted by molar-refractivity contribution is 5.96. The lowest BCUT2D eigenvalue weighted by Gasteiger charge is -2.26. The van der Waals surface area contributed by atoms with Crippen LogP contribution in [0, 0.1) is 0 Å². The Bertz CT molecular complexity index is 789. The average Bonchev–Trinajstić information content (AvgIpc) is 2.62. The second-order valence-electron chi connectivity index (χ2n) is 5.67. The summed E-state index contributed by atoms with van der Waals surface area (Å²) in [6.07, 6.45) is 4.61. The van der Waals surface area contributed by atoms with Gasteiger partial charge in [0.15, 0.2) is 6.61 Å². The number of carbonyl (C=O) groups is 2. The summed E-state index contributed by atoms with van der Waals surface area (Å²) in [6, 6.07) is 7.86. The van der Waals surface area contributed by atoms with E-state index in [2.05, 4.69) is 16.4 Å². The average molecular weight is 325 g/mol. The number of hydrogen-bond donors (Lipinski definition) is 1. The zero-order valence-electron chi connectivity index (χ0n) is 13.7. The third-order valence-electron chi connectivity index (χ3n) is 4.12. The number of anilines is 1. The van der Waals surface area contributed by atoms with Crippen molar-refractivity contribution in [2.45, 2.75) is 12.8 Å². The van der Waals surface area contributed by atoms with Crippen LogP contribution in [0.3, 0.4) is 0 Å². The van der Waals surface area contributed by atoms with E-state index >= 15 is 0 Å². The number of benzene rings is 1. The molecular formula is C18H19N3O3. The van der Waals surface area contributed by atoms with Crippen LogP contribution in [-0.4, -0.2) is 37.5 Å². The number of ether oxygens (including phenoxy) is 1. The fraction of sp³-hybridized carbons (Fsp3) is 0.278. The van der Waals surface area contributed by atoms with E-state index in [-0.39, 0.29) is 18.4 Å². The van der Waals surface area contributed by atoms with Crippen molar-refractivity contribution in [2.24, 2.45) is 0 Å². The van der Waals surface area contributed by atoms with E-state index in [4.69, 9.17) is 4.74 Å². The number of hydrogen-bond acceptors (Lipinski definition) is 4. The molecule has 0 saturated carbocycles. The van der Waals surface area contributed by atoms with Gasteiger partial charge in [-0.3, -0.25) is 14.6 Å². The van der Waals surface area contributed by atoms with Gasteiger partial charge in [0.2, 0.25) is 5.91 Å². The van der Waals surface area contributed by atoms with Crippen LogP contribution in [0.1, 0.15) is 12.0 Å². The molecule has 6 nitrogen and oxygen atoms in total. The summed E-state index contributed by atoms with van der Waals surface area (Å²) < 4.78 is 5.44. The van der Waals surface area contributed by atoms with Gasteiger partial charge in [0.25, 0.3) is 5.91 Å². The molecule has 3 rings (SSSR count). The fourth-order valence-corrected chi connectivity index (χ4v) is 2.71. The van der Waals surface area contributed by atoms with Gasteiger partial charge in [0, 0.05) is 38.0 Å². The number of nitrogens with one attached hydrogen (secondary N) is 1. The molecule has 0 atom stereocenters. The second kappa shape index (κ2) is 6.70. The Balaban J connectivity index is 1.84. The number of likely N-dealkylation sites (N-methyl/N-ethyl adjacent to an activating group) is 1. The molecule has 124 valence electrons. The summed E-state index contributed by atoms with van der Waals surface area (Å²) in [6.45, 7) is -0.0429. The Labute approximate surface area is 140 Å². The predicted octanol–water partition coefficient (Wildman–Crippen LogP) is 1.78. The lowest BCUT2D eigenvalue weighted by molar-refractivity contribution is -0.122. The quantitative estimate of drug-likeness (QED) is 0.930. The highest BCUT2D eigenvalue weighted by atomic mass is 16.5. The molecule has 0 radical (unpaired) electrons. The molecule has 0 aliphatic carbocycles. The summed E-state index contributed by atoms with van der Waals surface area (Å²) in [5.74, 6) is 0.490. The first-order valence-electron chi connectivity index (χ1n) is 7.77. The van der Waals surface area contributed by atoms with Crippen LogP contribution < -0.4 is 15.0 Å². The minimum Gasteiger partial charge on any atom is -0.482 e. The van der Waals surface area contributed by atoms with Crippen LogP contribution in [0.2, 0.25) is 0 Å². The molecule has 0 bridgehead atoms. The van der Waals surface area contributed by atoms with Gasteiger partial charge in [-0.1, -0.05) is 6.07 Å². The summed E-state index contributed by atoms with van der Waals surface area (Å²) in [5.41, 5.74) is 4.02. The molecule has 2 heterocycles. The van der Waals surface area contributed by atoms with Crippen molar-refractivity contribution in [1.29, 1.82) is 0 Å². The Kier molecular flexibility index (Phi) is 4.46. The highest BCUT2D eigenvalue weighted by Crippen LogP contribution is 2.32. The number of aryl methyl sites for hydroxylation is 1. The predicted molar refractivity (Wildman–Crippen MR) is 91.0 cm³/mol. The Hall–Kier alpha value is -2.89. The number of pyridine rings is 1. The van der Waals surface area contributed by atoms with Gasteiger partial charge in [-0.05, 0) is 35.7 Å². The highest BCUT2D eigenvalue weighted by Gasteiger charge is 2.21. The first-order chi connectivity index (χ1) is 11.6. The lowest BCUT2D eigenvalue weighted by atomic mass is 9.97. The summed E-state index contributed by atoms with van der Waals surface area (Å²) in [5, 5.41) is 2.51. The van der Waals surface area contributed by atoms with Gasteiger partial charge in [-0.15, -0.1) is 0 Å². The monoisotopic (exact) mass is 325 g/mol. The topological polar surface area (TPSA) is 71.5 Å². The number of rotatable bonds is 4. The number of fused-ring (bicyclic) bond motifs is 1. The minimum absolute atomic E-state index is 0.0429. The van der Waals surface area contributed by atoms with E-state index in [0.717, 1.165) is 28.8 Å². The van der Waals surface area contributed by atoms with E-state index in [0.29, 0.717) is 12.2 Å². The first kappa shape index (κ1) is 16.0. The van der Waals surface area contributed by atoms with Gasteiger partial charge in [-0.2, -0.15) is 0 Å². The van der Waals surface area contributed by atoms with E-state index < -0.39 is 0 Å². The second-order valence-corrected chi connectivity index (χ2v) is 5.67. The maximum Gasteiger partial charge on any atom is 0.257 e. The van der Waals surface area contributed by atoms with Crippen molar-refractivity contribution in [1.82, 2.24) is 10.3 Å². The van der Waals surface area contributed by atoms with Gasteiger partial charge in [0.1, 0.15) is 5.75 Å². The summed E-state index contributed by atoms with van der Waals surface area (Å²) in [7, 11) is 3.37. The van der Waals surface area contributed by atoms with Crippen LogP contribution in [0.25, 0.3) is 11.1 Å². The van der Waals surface area contributed by atoms with Gasteiger partial charge in [-0.25, -0.2) is 0 Å². The molecule has 6 heteroatoms. The number of amides is 2. The number of carbonyl (C=O) groups excluding carboxylic acids is 2. The van der Waals surface area contributed by atoms with Crippen molar-refractivity contribution < 1.29 is 14.3 Å². The molecule has 0 saturated heterocycles. The van der Waals surface area contributed by atoms with Crippen LogP contribution >= 0.6 is 0 Å². The molecular weight excluding hydrogens is 306 g/mol. The Morgan fingerprint density at radius 2 is 2.08 bits per heavy atom. The maximum atomic E-state index is 11.8. The largest absolute Gasteiger partial charge is 0.482 e. The SMILES string of the molecule is CNC(=O)COc1cncc(-c2ccc3c(c2)CCC(=O)N3C)c1. The molecule has 1 aliphatic heterocycles. The lowest BCUT2D eigenvalue weighted by Crippen LogP contribution is -2.30. The van der Waals surface area contributed by atoms with E-state index in [1.54, 1.807) is 31.4 Å². The number of aromatic nitrogens is 1. The molecule has 1 aromatic carbocycles. The molecule has 1 aliphatic rings. The summed E-state index contributed by atoms with van der Waals surface area (Å²) in [4.78, 5) is 28.9. The third-order valence-corrected chi connectivity index (χ3v) is 4.12. The summed E-state index contributed by atoms with van der Waals surface area (Å²) >= 11 is 0. The van der Waals surface area contributed by atoms with Gasteiger partial charge >= 0.3 is 0 Å². The minimum atomic E-state index is -0.193. The Morgan fingerprint density at radius 1 is 1.25 bits per heavy atom. The van der Waals surface area contributed by atoms with Crippen molar-refractivity contribution >= 4 is 17.5 Å². The molecule has 24 heavy (non-hydrogen) atoms. The van der Waals surface area contributed by atoms with Crippen LogP contribution in [-0.2, 0) is 16.0 Å². The van der Waals surface area contributed by atoms with Crippen molar-refractivity contribution in [2.75, 3.05) is 25.6 Å². The first-order valence-corrected chi connectivity index (χ1v) is 7.77. The van der Waals surface area contributed by atoms with Crippen molar-refractivity contribution in [3.8, 4) is 16.9 Å². The normalized spacial score (nSPS) is 13.4. The molecule has 0 spiro atoms. The maximum absolute atomic E-state index is 11.8. The van der Waals surface area contributed by atoms with E-state index in [9.17, 15) is 9.59 Å². The van der Waals surface area contributed by atoms with Crippen LogP contribution in [0.4, 0.5) is 5.69 Å². The molecule has 1 aromatic heterocycles. The molecule has 0 fully saturated rings. The van der Waals surface area contributed by atoms with E-state index in [1.807, 2.05) is 18.2 Å². The zero-order chi connectivity index (χ0) is 17.1. The van der Waals surface area contributed by atoms with Crippen LogP contribution in [0.5, 0.6) is 5.75 Å². The smallest absolute Gasteiger partial charge is 0.257 e. The van der Waals surface area contributed by atoms with Gasteiger partial charge < -0.3 is 15.0 Å². The molecule has 0 unspecified atom stereocenters. The number of nitrogens with zero attached hydrogens (tertiary/aromatic N) is 2. The van der Waals surface area contributed by atoms with Crippen molar-refractivity contribution in [3.63, 3.8) is 0 Å². The van der Waals surface area contributed by atoms with Crippen molar-refractivity contribution in [3.05, 3.63) is 42.2 Å². The third kappa shape index (κ3) is 3.22. The molecule has 2 amide bonds. The van der Waals surface area contributed by atoms with Crippen LogP contribution in [0.15, 0.2) is 36.7 Å². The molecule has 2 aromatic rings. The standard InChI is InChI=1S/C18H19N3O3/c1-19-17(22)11-24-15-8-14(9-20-10-15)12-3-5-16-13(7-12)4-6-18(23)21(16)2/h3,5,7-10H,4,6,11H2,1-2H3,(H,19,22). The molecule has 1 N–H and O–H groups in total. The van der Waals surface area contributed by atoms with E-state index in [1.165, 1.54) is 0 Å². The Morgan fingerprint density at radius 3 is 2.88 bits per heavy atom. The fourth-order valence-electron chi connectivity index (χ4n) is 2.71. The zero-order valence-corrected chi connectivity index (χ0v) is 13.7. The van der Waals surface area contributed by atoms with Gasteiger partial charge in [0.05, 0.1) is 6.20 Å².